The molecule has 0 saturated carbocycles. The smallest absolute Gasteiger partial charge is 0.407 e. The molecule has 2 amide bonds. The summed E-state index contributed by atoms with van der Waals surface area (Å²) in [6.45, 7) is 2.13. The van der Waals surface area contributed by atoms with Crippen LogP contribution in [0.2, 0.25) is 0 Å². The average Bonchev–Trinajstić information content (AvgIpc) is 3.34. The first-order valence-electron chi connectivity index (χ1n) is 12.0. The van der Waals surface area contributed by atoms with Crippen molar-refractivity contribution in [1.82, 2.24) is 19.8 Å². The predicted octanol–water partition coefficient (Wildman–Crippen LogP) is 3.83. The van der Waals surface area contributed by atoms with Gasteiger partial charge in [0.15, 0.2) is 0 Å². The molecule has 2 heterocycles. The van der Waals surface area contributed by atoms with Crippen molar-refractivity contribution in [3.63, 3.8) is 0 Å². The van der Waals surface area contributed by atoms with Gasteiger partial charge in [-0.15, -0.1) is 0 Å². The Kier molecular flexibility index (Phi) is 7.21. The molecule has 1 aromatic carbocycles. The Morgan fingerprint density at radius 2 is 2.06 bits per heavy atom. The van der Waals surface area contributed by atoms with E-state index in [0.717, 1.165) is 28.3 Å². The fraction of sp³-hybridized carbons (Fsp3) is 0.370. The second-order valence-electron chi connectivity index (χ2n) is 9.18. The molecule has 4 atom stereocenters. The molecule has 1 saturated heterocycles. The minimum absolute atomic E-state index is 0.0306. The normalized spacial score (nSPS) is 24.2. The number of carboxylic acid groups (broad SMARTS) is 1. The minimum Gasteiger partial charge on any atom is -0.465 e. The summed E-state index contributed by atoms with van der Waals surface area (Å²) in [5, 5.41) is 32.6. The number of allylic oxidation sites excluding steroid dienone is 4. The lowest BCUT2D eigenvalue weighted by atomic mass is 9.72. The summed E-state index contributed by atoms with van der Waals surface area (Å²) < 4.78 is 1.90. The van der Waals surface area contributed by atoms with Gasteiger partial charge in [-0.3, -0.25) is 9.69 Å². The van der Waals surface area contributed by atoms with E-state index < -0.39 is 35.5 Å². The number of imidazole rings is 1. The molecular weight excluding hydrogens is 456 g/mol. The number of carbonyl (C=O) groups excluding carboxylic acids is 1. The average molecular weight is 485 g/mol. The van der Waals surface area contributed by atoms with E-state index in [0.29, 0.717) is 12.8 Å². The highest BCUT2D eigenvalue weighted by Crippen LogP contribution is 2.44. The maximum absolute atomic E-state index is 13.0. The molecule has 1 aliphatic heterocycles. The summed E-state index contributed by atoms with van der Waals surface area (Å²) in [5.74, 6) is 0.211. The Morgan fingerprint density at radius 1 is 1.28 bits per heavy atom. The molecule has 1 fully saturated rings. The zero-order valence-corrected chi connectivity index (χ0v) is 20.0. The van der Waals surface area contributed by atoms with E-state index in [-0.39, 0.29) is 13.0 Å². The topological polar surface area (TPSA) is 135 Å². The van der Waals surface area contributed by atoms with Gasteiger partial charge in [-0.25, -0.2) is 9.78 Å². The quantitative estimate of drug-likeness (QED) is 0.640. The number of piperidine rings is 1. The first-order valence-corrected chi connectivity index (χ1v) is 12.0. The Morgan fingerprint density at radius 3 is 2.69 bits per heavy atom. The molecular formula is C27H28N6O3. The summed E-state index contributed by atoms with van der Waals surface area (Å²) in [7, 11) is 0. The number of rotatable bonds is 6. The van der Waals surface area contributed by atoms with Gasteiger partial charge >= 0.3 is 6.09 Å². The number of aromatic nitrogens is 2. The van der Waals surface area contributed by atoms with Gasteiger partial charge in [-0.2, -0.15) is 10.5 Å². The molecule has 9 heteroatoms. The van der Waals surface area contributed by atoms with Crippen LogP contribution in [0.15, 0.2) is 61.0 Å². The molecule has 0 bridgehead atoms. The molecule has 0 radical (unpaired) electrons. The van der Waals surface area contributed by atoms with Crippen molar-refractivity contribution in [1.29, 1.82) is 10.5 Å². The van der Waals surface area contributed by atoms with Crippen LogP contribution in [0.5, 0.6) is 0 Å². The number of carbonyl (C=O) groups is 2. The molecule has 4 rings (SSSR count). The summed E-state index contributed by atoms with van der Waals surface area (Å²) in [4.78, 5) is 30.1. The largest absolute Gasteiger partial charge is 0.465 e. The number of amides is 2. The Labute approximate surface area is 210 Å². The molecule has 9 nitrogen and oxygen atoms in total. The second kappa shape index (κ2) is 10.5. The van der Waals surface area contributed by atoms with Crippen LogP contribution in [0, 0.1) is 35.0 Å². The zero-order chi connectivity index (χ0) is 25.7. The van der Waals surface area contributed by atoms with Crippen molar-refractivity contribution in [3.8, 4) is 12.1 Å². The van der Waals surface area contributed by atoms with Crippen molar-refractivity contribution in [2.45, 2.75) is 50.7 Å². The zero-order valence-electron chi connectivity index (χ0n) is 20.0. The number of benzene rings is 1. The van der Waals surface area contributed by atoms with Crippen molar-refractivity contribution in [3.05, 3.63) is 72.3 Å². The van der Waals surface area contributed by atoms with Gasteiger partial charge in [0.25, 0.3) is 0 Å². The van der Waals surface area contributed by atoms with Crippen LogP contribution >= 0.6 is 0 Å². The van der Waals surface area contributed by atoms with E-state index >= 15 is 0 Å². The summed E-state index contributed by atoms with van der Waals surface area (Å²) >= 11 is 0. The number of nitrogens with one attached hydrogen (secondary N) is 1. The van der Waals surface area contributed by atoms with Crippen LogP contribution in [-0.4, -0.2) is 50.2 Å². The van der Waals surface area contributed by atoms with E-state index in [9.17, 15) is 25.2 Å². The number of hydrogen-bond donors (Lipinski definition) is 2. The number of nitrogens with zero attached hydrogens (tertiary/aromatic N) is 5. The van der Waals surface area contributed by atoms with Crippen molar-refractivity contribution in [2.75, 3.05) is 6.54 Å². The molecule has 2 aromatic rings. The van der Waals surface area contributed by atoms with Gasteiger partial charge in [-0.05, 0) is 37.3 Å². The van der Waals surface area contributed by atoms with Gasteiger partial charge in [0.1, 0.15) is 23.3 Å². The number of aryl methyl sites for hydroxylation is 1. The van der Waals surface area contributed by atoms with Crippen molar-refractivity contribution >= 4 is 17.6 Å². The van der Waals surface area contributed by atoms with Crippen LogP contribution in [0.4, 0.5) is 4.79 Å². The monoisotopic (exact) mass is 484 g/mol. The predicted molar refractivity (Wildman–Crippen MR) is 132 cm³/mol. The van der Waals surface area contributed by atoms with Gasteiger partial charge in [0.05, 0.1) is 18.2 Å². The number of likely N-dealkylation sites (tertiary alicyclic amines) is 1. The van der Waals surface area contributed by atoms with Gasteiger partial charge < -0.3 is 15.0 Å². The SMILES string of the molecule is Cc1nccn1C1C=C(c2ccccc2)C=CC1(C#N)C[C@@H](C#N)NC(=O)C1CCCCN1C(=O)O. The molecule has 0 spiro atoms. The van der Waals surface area contributed by atoms with Crippen molar-refractivity contribution < 1.29 is 14.7 Å². The van der Waals surface area contributed by atoms with Crippen LogP contribution in [0.25, 0.3) is 5.57 Å². The highest BCUT2D eigenvalue weighted by atomic mass is 16.4. The maximum Gasteiger partial charge on any atom is 0.407 e. The Hall–Kier alpha value is -4.37. The lowest BCUT2D eigenvalue weighted by molar-refractivity contribution is -0.127. The third kappa shape index (κ3) is 4.87. The second-order valence-corrected chi connectivity index (χ2v) is 9.18. The molecule has 36 heavy (non-hydrogen) atoms. The summed E-state index contributed by atoms with van der Waals surface area (Å²) in [6.07, 6.45) is 9.86. The van der Waals surface area contributed by atoms with Crippen LogP contribution < -0.4 is 5.32 Å². The molecule has 2 N–H and O–H groups in total. The molecule has 3 unspecified atom stereocenters. The number of nitriles is 2. The Balaban J connectivity index is 1.63. The van der Waals surface area contributed by atoms with Crippen LogP contribution in [-0.2, 0) is 4.79 Å². The fourth-order valence-corrected chi connectivity index (χ4v) is 5.05. The first kappa shape index (κ1) is 24.7. The molecule has 1 aromatic heterocycles. The molecule has 2 aliphatic rings. The molecule has 184 valence electrons. The Bertz CT molecular complexity index is 1270. The minimum atomic E-state index is -1.15. The lowest BCUT2D eigenvalue weighted by Crippen LogP contribution is -2.54. The third-order valence-electron chi connectivity index (χ3n) is 6.97. The van der Waals surface area contributed by atoms with E-state index in [1.165, 1.54) is 0 Å². The van der Waals surface area contributed by atoms with Gasteiger partial charge in [-0.1, -0.05) is 48.6 Å². The van der Waals surface area contributed by atoms with E-state index in [1.54, 1.807) is 18.5 Å². The van der Waals surface area contributed by atoms with Crippen LogP contribution in [0.1, 0.15) is 43.1 Å². The highest BCUT2D eigenvalue weighted by molar-refractivity contribution is 5.86. The highest BCUT2D eigenvalue weighted by Gasteiger charge is 2.43. The summed E-state index contributed by atoms with van der Waals surface area (Å²) in [5.41, 5.74) is 0.798. The summed E-state index contributed by atoms with van der Waals surface area (Å²) in [6, 6.07) is 12.0. The lowest BCUT2D eigenvalue weighted by Gasteiger charge is -2.37. The van der Waals surface area contributed by atoms with E-state index in [1.807, 2.05) is 54.0 Å². The first-order chi connectivity index (χ1) is 17.4. The standard InChI is InChI=1S/C27H28N6O3/c1-19-30-12-14-32(19)24-15-21(20-7-3-2-4-8-20)10-11-27(24,18-29)16-22(17-28)31-25(34)23-9-5-6-13-33(23)26(35)36/h2-4,7-8,10-12,14-15,22-24H,5-6,9,13,16H2,1H3,(H,31,34)(H,35,36)/t22-,23?,24?,27?/m0/s1. The van der Waals surface area contributed by atoms with Crippen LogP contribution in [0.3, 0.4) is 0 Å². The number of hydrogen-bond acceptors (Lipinski definition) is 5. The van der Waals surface area contributed by atoms with Crippen molar-refractivity contribution in [2.24, 2.45) is 5.41 Å². The van der Waals surface area contributed by atoms with Gasteiger partial charge in [0.2, 0.25) is 5.91 Å². The van der Waals surface area contributed by atoms with E-state index in [2.05, 4.69) is 22.4 Å². The van der Waals surface area contributed by atoms with E-state index in [4.69, 9.17) is 0 Å². The fourth-order valence-electron chi connectivity index (χ4n) is 5.05. The molecule has 1 aliphatic carbocycles. The van der Waals surface area contributed by atoms with Gasteiger partial charge in [0, 0.05) is 25.4 Å². The maximum atomic E-state index is 13.0. The third-order valence-corrected chi connectivity index (χ3v) is 6.97.